The second-order valence-corrected chi connectivity index (χ2v) is 9.39. The molecule has 0 spiro atoms. The molecule has 3 nitrogen and oxygen atoms in total. The molecule has 0 aliphatic carbocycles. The largest absolute Gasteiger partial charge is 0.547 e. The summed E-state index contributed by atoms with van der Waals surface area (Å²) in [5, 5.41) is 19.6. The molecule has 0 fully saturated rings. The Kier molecular flexibility index (Phi) is 26.9. The summed E-state index contributed by atoms with van der Waals surface area (Å²) in [5.74, 6) is -1.35. The first kappa shape index (κ1) is 33.1. The van der Waals surface area contributed by atoms with Crippen LogP contribution in [0.15, 0.2) is 60.8 Å². The van der Waals surface area contributed by atoms with Gasteiger partial charge in [-0.3, -0.25) is 0 Å². The van der Waals surface area contributed by atoms with Gasteiger partial charge in [-0.15, -0.1) is 0 Å². The summed E-state index contributed by atoms with van der Waals surface area (Å²) in [6.45, 7) is 2.25. The van der Waals surface area contributed by atoms with Crippen LogP contribution in [0.3, 0.4) is 0 Å². The maximum absolute atomic E-state index is 10.4. The average Bonchev–Trinajstić information content (AvgIpc) is 2.85. The smallest absolute Gasteiger partial charge is 0.0933 e. The molecule has 0 aromatic heterocycles. The van der Waals surface area contributed by atoms with Crippen LogP contribution in [-0.2, 0) is 4.79 Å². The fraction of sp³-hybridized carbons (Fsp3) is 0.656. The third kappa shape index (κ3) is 28.3. The van der Waals surface area contributed by atoms with Crippen molar-refractivity contribution in [2.45, 2.75) is 135 Å². The third-order valence-corrected chi connectivity index (χ3v) is 6.02. The van der Waals surface area contributed by atoms with Gasteiger partial charge in [-0.1, -0.05) is 132 Å². The minimum atomic E-state index is -1.35. The first-order chi connectivity index (χ1) is 17.2. The minimum Gasteiger partial charge on any atom is -0.547 e. The molecule has 0 aromatic carbocycles. The van der Waals surface area contributed by atoms with Gasteiger partial charge in [-0.05, 0) is 57.8 Å². The summed E-state index contributed by atoms with van der Waals surface area (Å²) < 4.78 is 0. The van der Waals surface area contributed by atoms with E-state index in [9.17, 15) is 9.90 Å². The van der Waals surface area contributed by atoms with Crippen LogP contribution < -0.4 is 5.11 Å². The molecule has 0 heterocycles. The van der Waals surface area contributed by atoms with E-state index >= 15 is 0 Å². The Morgan fingerprint density at radius 1 is 0.571 bits per heavy atom. The summed E-state index contributed by atoms with van der Waals surface area (Å²) in [4.78, 5) is 10.4. The Hall–Kier alpha value is -1.87. The van der Waals surface area contributed by atoms with Crippen molar-refractivity contribution in [2.75, 3.05) is 0 Å². The van der Waals surface area contributed by atoms with Gasteiger partial charge in [0.15, 0.2) is 0 Å². The highest BCUT2D eigenvalue weighted by molar-refractivity contribution is 5.69. The number of aliphatic hydroxyl groups excluding tert-OH is 1. The number of carbonyl (C=O) groups is 1. The molecule has 0 aromatic rings. The Bertz CT molecular complexity index is 598. The van der Waals surface area contributed by atoms with Crippen molar-refractivity contribution in [3.63, 3.8) is 0 Å². The van der Waals surface area contributed by atoms with Crippen molar-refractivity contribution in [1.82, 2.24) is 0 Å². The Morgan fingerprint density at radius 2 is 0.914 bits per heavy atom. The van der Waals surface area contributed by atoms with Crippen molar-refractivity contribution in [3.8, 4) is 0 Å². The zero-order chi connectivity index (χ0) is 25.7. The highest BCUT2D eigenvalue weighted by Crippen LogP contribution is 2.12. The predicted octanol–water partition coefficient (Wildman–Crippen LogP) is 8.31. The zero-order valence-corrected chi connectivity index (χ0v) is 22.5. The maximum atomic E-state index is 10.4. The van der Waals surface area contributed by atoms with Crippen molar-refractivity contribution >= 4 is 5.97 Å². The lowest BCUT2D eigenvalue weighted by molar-refractivity contribution is -0.315. The lowest BCUT2D eigenvalue weighted by Crippen LogP contribution is -2.35. The minimum absolute atomic E-state index is 0.318. The number of hydrogen-bond acceptors (Lipinski definition) is 3. The molecule has 200 valence electrons. The van der Waals surface area contributed by atoms with Crippen LogP contribution in [0.25, 0.3) is 0 Å². The number of rotatable bonds is 25. The molecule has 0 aliphatic heterocycles. The van der Waals surface area contributed by atoms with Gasteiger partial charge < -0.3 is 15.0 Å². The molecule has 35 heavy (non-hydrogen) atoms. The first-order valence-electron chi connectivity index (χ1n) is 14.3. The summed E-state index contributed by atoms with van der Waals surface area (Å²) in [5.41, 5.74) is 0. The molecular weight excluding hydrogens is 432 g/mol. The van der Waals surface area contributed by atoms with Gasteiger partial charge in [-0.25, -0.2) is 0 Å². The van der Waals surface area contributed by atoms with Crippen LogP contribution in [0.4, 0.5) is 0 Å². The molecule has 0 rings (SSSR count). The lowest BCUT2D eigenvalue weighted by atomic mass is 10.0. The highest BCUT2D eigenvalue weighted by atomic mass is 16.4. The number of carboxylic acids is 1. The number of carboxylic acid groups (broad SMARTS) is 1. The normalized spacial score (nSPS) is 13.4. The van der Waals surface area contributed by atoms with Gasteiger partial charge in [0.25, 0.3) is 0 Å². The lowest BCUT2D eigenvalue weighted by Gasteiger charge is -2.10. The summed E-state index contributed by atoms with van der Waals surface area (Å²) in [6.07, 6.45) is 42.6. The van der Waals surface area contributed by atoms with Crippen molar-refractivity contribution in [2.24, 2.45) is 0 Å². The number of aliphatic carboxylic acids is 1. The molecule has 1 N–H and O–H groups in total. The van der Waals surface area contributed by atoms with Gasteiger partial charge in [0, 0.05) is 0 Å². The van der Waals surface area contributed by atoms with E-state index in [-0.39, 0.29) is 0 Å². The Balaban J connectivity index is 3.37. The van der Waals surface area contributed by atoms with Crippen LogP contribution >= 0.6 is 0 Å². The van der Waals surface area contributed by atoms with E-state index in [2.05, 4.69) is 67.7 Å². The molecule has 0 radical (unpaired) electrons. The molecule has 0 aliphatic rings. The van der Waals surface area contributed by atoms with E-state index in [0.29, 0.717) is 6.42 Å². The van der Waals surface area contributed by atoms with Crippen molar-refractivity contribution in [3.05, 3.63) is 60.8 Å². The number of aliphatic hydroxyl groups is 1. The molecule has 0 bridgehead atoms. The fourth-order valence-corrected chi connectivity index (χ4v) is 3.79. The Morgan fingerprint density at radius 3 is 1.31 bits per heavy atom. The zero-order valence-electron chi connectivity index (χ0n) is 22.5. The molecule has 0 saturated carbocycles. The molecule has 3 heteroatoms. The van der Waals surface area contributed by atoms with E-state index in [1.54, 1.807) is 0 Å². The van der Waals surface area contributed by atoms with Crippen LogP contribution in [-0.4, -0.2) is 17.2 Å². The molecule has 1 unspecified atom stereocenters. The number of hydrogen-bond donors (Lipinski definition) is 1. The van der Waals surface area contributed by atoms with Gasteiger partial charge >= 0.3 is 0 Å². The van der Waals surface area contributed by atoms with Gasteiger partial charge in [0.2, 0.25) is 0 Å². The van der Waals surface area contributed by atoms with E-state index in [4.69, 9.17) is 5.11 Å². The molecule has 1 atom stereocenters. The maximum Gasteiger partial charge on any atom is 0.0933 e. The fourth-order valence-electron chi connectivity index (χ4n) is 3.79. The summed E-state index contributed by atoms with van der Waals surface area (Å²) in [7, 11) is 0. The number of carbonyl (C=O) groups excluding carboxylic acids is 1. The van der Waals surface area contributed by atoms with Gasteiger partial charge in [-0.2, -0.15) is 0 Å². The van der Waals surface area contributed by atoms with Gasteiger partial charge in [0.1, 0.15) is 0 Å². The molecule has 0 amide bonds. The van der Waals surface area contributed by atoms with Crippen LogP contribution in [0.5, 0.6) is 0 Å². The summed E-state index contributed by atoms with van der Waals surface area (Å²) >= 11 is 0. The van der Waals surface area contributed by atoms with Crippen LogP contribution in [0.2, 0.25) is 0 Å². The number of unbranched alkanes of at least 4 members (excludes halogenated alkanes) is 12. The van der Waals surface area contributed by atoms with Crippen molar-refractivity contribution < 1.29 is 15.0 Å². The monoisotopic (exact) mass is 485 g/mol. The predicted molar refractivity (Wildman–Crippen MR) is 150 cm³/mol. The van der Waals surface area contributed by atoms with E-state index in [1.807, 2.05) is 0 Å². The van der Waals surface area contributed by atoms with Gasteiger partial charge in [0.05, 0.1) is 12.1 Å². The second-order valence-electron chi connectivity index (χ2n) is 9.39. The average molecular weight is 486 g/mol. The van der Waals surface area contributed by atoms with Crippen molar-refractivity contribution in [1.29, 1.82) is 0 Å². The standard InChI is InChI=1S/C32H54O3/c1-2-3-4-5-6-7-8-9-10-11-12-13-14-15-16-17-18-19-20-21-22-23-24-25-26-27-28-29-30-31(33)32(34)35/h6-7,9-10,12-13,15-16,18-19,31,33H,2-5,8,11,14,17,20-30H2,1H3,(H,34,35)/p-1/b7-6-,10-9-,13-12-,16-15-,19-18-. The molecular formula is C32H53O3-. The molecule has 0 saturated heterocycles. The third-order valence-electron chi connectivity index (χ3n) is 6.02. The van der Waals surface area contributed by atoms with Crippen LogP contribution in [0, 0.1) is 0 Å². The second kappa shape index (κ2) is 28.4. The first-order valence-corrected chi connectivity index (χ1v) is 14.3. The SMILES string of the molecule is CCCCC/C=C\C/C=C\C/C=C\C/C=C\C/C=C\CCCCCCCCCCCC(O)C(=O)[O-]. The van der Waals surface area contributed by atoms with E-state index in [0.717, 1.165) is 44.9 Å². The quantitative estimate of drug-likeness (QED) is 0.104. The van der Waals surface area contributed by atoms with Crippen LogP contribution in [0.1, 0.15) is 129 Å². The summed E-state index contributed by atoms with van der Waals surface area (Å²) in [6, 6.07) is 0. The van der Waals surface area contributed by atoms with E-state index < -0.39 is 12.1 Å². The topological polar surface area (TPSA) is 60.4 Å². The number of allylic oxidation sites excluding steroid dienone is 10. The Labute approximate surface area is 216 Å². The highest BCUT2D eigenvalue weighted by Gasteiger charge is 2.03. The van der Waals surface area contributed by atoms with E-state index in [1.165, 1.54) is 70.6 Å².